The van der Waals surface area contributed by atoms with Crippen LogP contribution >= 0.6 is 0 Å². The highest BCUT2D eigenvalue weighted by Gasteiger charge is 2.23. The van der Waals surface area contributed by atoms with Gasteiger partial charge in [0.2, 0.25) is 0 Å². The van der Waals surface area contributed by atoms with Gasteiger partial charge in [-0.1, -0.05) is 115 Å². The maximum Gasteiger partial charge on any atom is 0.174 e. The molecule has 130 valence electrons. The summed E-state index contributed by atoms with van der Waals surface area (Å²) in [6.07, 6.45) is 0. The van der Waals surface area contributed by atoms with E-state index in [9.17, 15) is 4.79 Å². The Kier molecular flexibility index (Phi) is 4.93. The largest absolute Gasteiger partial charge is 0.293 e. The summed E-state index contributed by atoms with van der Waals surface area (Å²) in [7, 11) is 0. The Morgan fingerprint density at radius 2 is 0.926 bits per heavy atom. The summed E-state index contributed by atoms with van der Waals surface area (Å²) in [6.45, 7) is 0. The molecular formula is C26H20O. The summed E-state index contributed by atoms with van der Waals surface area (Å²) in [4.78, 5) is 13.3. The molecule has 0 saturated heterocycles. The molecule has 0 saturated carbocycles. The normalized spacial score (nSPS) is 11.7. The van der Waals surface area contributed by atoms with Crippen LogP contribution in [0, 0.1) is 0 Å². The molecule has 0 bridgehead atoms. The van der Waals surface area contributed by atoms with Gasteiger partial charge < -0.3 is 0 Å². The van der Waals surface area contributed by atoms with Gasteiger partial charge in [0.05, 0.1) is 5.92 Å². The van der Waals surface area contributed by atoms with Crippen molar-refractivity contribution in [2.24, 2.45) is 0 Å². The van der Waals surface area contributed by atoms with Gasteiger partial charge in [-0.05, 0) is 22.3 Å². The maximum atomic E-state index is 13.3. The van der Waals surface area contributed by atoms with Gasteiger partial charge in [-0.2, -0.15) is 0 Å². The quantitative estimate of drug-likeness (QED) is 0.383. The Labute approximate surface area is 159 Å². The lowest BCUT2D eigenvalue weighted by atomic mass is 9.84. The van der Waals surface area contributed by atoms with Gasteiger partial charge in [-0.15, -0.1) is 0 Å². The van der Waals surface area contributed by atoms with Gasteiger partial charge in [-0.3, -0.25) is 4.79 Å². The molecule has 0 heterocycles. The molecule has 0 aliphatic rings. The summed E-state index contributed by atoms with van der Waals surface area (Å²) in [6, 6.07) is 38.1. The minimum Gasteiger partial charge on any atom is -0.293 e. The number of carbonyl (C=O) groups is 1. The summed E-state index contributed by atoms with van der Waals surface area (Å²) in [5.74, 6) is -0.187. The zero-order valence-corrected chi connectivity index (χ0v) is 15.0. The standard InChI is InChI=1S/C26H20O/c27-26(24-14-8-3-9-15-24)25(22-12-6-2-7-13-22)23-18-16-21(17-19-23)20-10-4-1-5-11-20/h1-19,25H/t25-/m0/s1. The average Bonchev–Trinajstić information content (AvgIpc) is 2.76. The molecule has 0 amide bonds. The van der Waals surface area contributed by atoms with E-state index in [1.807, 2.05) is 78.9 Å². The summed E-state index contributed by atoms with van der Waals surface area (Å²) in [5.41, 5.74) is 5.08. The van der Waals surface area contributed by atoms with E-state index in [2.05, 4.69) is 36.4 Å². The Morgan fingerprint density at radius 1 is 0.481 bits per heavy atom. The van der Waals surface area contributed by atoms with Gasteiger partial charge >= 0.3 is 0 Å². The van der Waals surface area contributed by atoms with Gasteiger partial charge in [0.1, 0.15) is 0 Å². The molecule has 4 aromatic carbocycles. The second-order valence-electron chi connectivity index (χ2n) is 6.56. The molecule has 1 heteroatoms. The van der Waals surface area contributed by atoms with E-state index in [-0.39, 0.29) is 11.7 Å². The molecule has 0 aromatic heterocycles. The van der Waals surface area contributed by atoms with Crippen LogP contribution in [0.15, 0.2) is 115 Å². The lowest BCUT2D eigenvalue weighted by molar-refractivity contribution is 0.0974. The highest BCUT2D eigenvalue weighted by molar-refractivity contribution is 6.03. The fourth-order valence-corrected chi connectivity index (χ4v) is 3.41. The zero-order valence-electron chi connectivity index (χ0n) is 15.0. The van der Waals surface area contributed by atoms with E-state index in [0.29, 0.717) is 0 Å². The van der Waals surface area contributed by atoms with E-state index < -0.39 is 0 Å². The predicted molar refractivity (Wildman–Crippen MR) is 111 cm³/mol. The van der Waals surface area contributed by atoms with E-state index in [0.717, 1.165) is 22.3 Å². The molecule has 0 radical (unpaired) electrons. The first-order valence-corrected chi connectivity index (χ1v) is 9.12. The molecule has 0 aliphatic heterocycles. The average molecular weight is 348 g/mol. The molecular weight excluding hydrogens is 328 g/mol. The van der Waals surface area contributed by atoms with Crippen LogP contribution in [0.3, 0.4) is 0 Å². The summed E-state index contributed by atoms with van der Waals surface area (Å²) in [5, 5.41) is 0. The lowest BCUT2D eigenvalue weighted by Gasteiger charge is -2.18. The van der Waals surface area contributed by atoms with Crippen molar-refractivity contribution in [1.82, 2.24) is 0 Å². The number of rotatable bonds is 5. The molecule has 0 N–H and O–H groups in total. The van der Waals surface area contributed by atoms with Gasteiger partial charge in [0, 0.05) is 5.56 Å². The molecule has 4 rings (SSSR count). The lowest BCUT2D eigenvalue weighted by Crippen LogP contribution is -2.14. The molecule has 4 aromatic rings. The Morgan fingerprint density at radius 3 is 1.52 bits per heavy atom. The topological polar surface area (TPSA) is 17.1 Å². The number of Topliss-reactive ketones (excluding diaryl/α,β-unsaturated/α-hetero) is 1. The molecule has 27 heavy (non-hydrogen) atoms. The number of ketones is 1. The molecule has 0 spiro atoms. The Bertz CT molecular complexity index is 1000. The molecule has 1 nitrogen and oxygen atoms in total. The van der Waals surface area contributed by atoms with Crippen molar-refractivity contribution >= 4 is 5.78 Å². The summed E-state index contributed by atoms with van der Waals surface area (Å²) >= 11 is 0. The predicted octanol–water partition coefficient (Wildman–Crippen LogP) is 6.37. The fraction of sp³-hybridized carbons (Fsp3) is 0.0385. The first-order chi connectivity index (χ1) is 13.3. The van der Waals surface area contributed by atoms with Gasteiger partial charge in [-0.25, -0.2) is 0 Å². The maximum absolute atomic E-state index is 13.3. The van der Waals surface area contributed by atoms with Gasteiger partial charge in [0.25, 0.3) is 0 Å². The van der Waals surface area contributed by atoms with E-state index >= 15 is 0 Å². The smallest absolute Gasteiger partial charge is 0.174 e. The van der Waals surface area contributed by atoms with Crippen LogP contribution in [-0.4, -0.2) is 5.78 Å². The van der Waals surface area contributed by atoms with Crippen molar-refractivity contribution in [3.05, 3.63) is 132 Å². The highest BCUT2D eigenvalue weighted by Crippen LogP contribution is 2.30. The zero-order chi connectivity index (χ0) is 18.5. The van der Waals surface area contributed by atoms with Crippen molar-refractivity contribution in [2.45, 2.75) is 5.92 Å². The van der Waals surface area contributed by atoms with Crippen LogP contribution in [0.1, 0.15) is 27.4 Å². The van der Waals surface area contributed by atoms with Gasteiger partial charge in [0.15, 0.2) is 5.78 Å². The van der Waals surface area contributed by atoms with Crippen molar-refractivity contribution in [1.29, 1.82) is 0 Å². The van der Waals surface area contributed by atoms with Crippen molar-refractivity contribution in [3.8, 4) is 11.1 Å². The molecule has 1 atom stereocenters. The molecule has 0 fully saturated rings. The Hall–Kier alpha value is -3.45. The minimum absolute atomic E-state index is 0.120. The third-order valence-electron chi connectivity index (χ3n) is 4.80. The van der Waals surface area contributed by atoms with Crippen molar-refractivity contribution in [2.75, 3.05) is 0 Å². The van der Waals surface area contributed by atoms with Crippen molar-refractivity contribution < 1.29 is 4.79 Å². The van der Waals surface area contributed by atoms with Crippen LogP contribution < -0.4 is 0 Å². The first-order valence-electron chi connectivity index (χ1n) is 9.12. The van der Waals surface area contributed by atoms with Crippen LogP contribution in [0.25, 0.3) is 11.1 Å². The second kappa shape index (κ2) is 7.84. The van der Waals surface area contributed by atoms with E-state index in [4.69, 9.17) is 0 Å². The summed E-state index contributed by atoms with van der Waals surface area (Å²) < 4.78 is 0. The number of hydrogen-bond acceptors (Lipinski definition) is 1. The van der Waals surface area contributed by atoms with E-state index in [1.165, 1.54) is 5.56 Å². The number of benzene rings is 4. The second-order valence-corrected chi connectivity index (χ2v) is 6.56. The third kappa shape index (κ3) is 3.73. The SMILES string of the molecule is O=C(c1ccccc1)[C@@H](c1ccccc1)c1ccc(-c2ccccc2)cc1. The highest BCUT2D eigenvalue weighted by atomic mass is 16.1. The van der Waals surface area contributed by atoms with Crippen molar-refractivity contribution in [3.63, 3.8) is 0 Å². The molecule has 0 unspecified atom stereocenters. The monoisotopic (exact) mass is 348 g/mol. The van der Waals surface area contributed by atoms with Crippen LogP contribution in [0.4, 0.5) is 0 Å². The van der Waals surface area contributed by atoms with Crippen LogP contribution in [0.2, 0.25) is 0 Å². The third-order valence-corrected chi connectivity index (χ3v) is 4.80. The minimum atomic E-state index is -0.307. The fourth-order valence-electron chi connectivity index (χ4n) is 3.41. The number of hydrogen-bond donors (Lipinski definition) is 0. The Balaban J connectivity index is 1.74. The van der Waals surface area contributed by atoms with Crippen LogP contribution in [0.5, 0.6) is 0 Å². The number of carbonyl (C=O) groups excluding carboxylic acids is 1. The van der Waals surface area contributed by atoms with E-state index in [1.54, 1.807) is 0 Å². The first kappa shape index (κ1) is 17.0. The molecule has 0 aliphatic carbocycles. The van der Waals surface area contributed by atoms with Crippen LogP contribution in [-0.2, 0) is 0 Å².